The lowest BCUT2D eigenvalue weighted by Crippen LogP contribution is -2.50. The molecular formula is C18H19ClN2O2S. The first-order chi connectivity index (χ1) is 11.5. The van der Waals surface area contributed by atoms with Crippen LogP contribution in [0.3, 0.4) is 0 Å². The highest BCUT2D eigenvalue weighted by atomic mass is 35.5. The second kappa shape index (κ2) is 5.85. The number of sulfonamides is 1. The Hall–Kier alpha value is -1.40. The largest absolute Gasteiger partial charge is 0.294 e. The summed E-state index contributed by atoms with van der Waals surface area (Å²) in [4.78, 5) is 2.58. The van der Waals surface area contributed by atoms with E-state index >= 15 is 0 Å². The molecule has 2 aliphatic carbocycles. The van der Waals surface area contributed by atoms with Crippen molar-refractivity contribution in [1.82, 2.24) is 9.21 Å². The zero-order chi connectivity index (χ0) is 16.9. The van der Waals surface area contributed by atoms with Gasteiger partial charge in [0.25, 0.3) is 0 Å². The Labute approximate surface area is 147 Å². The maximum absolute atomic E-state index is 13.0. The van der Waals surface area contributed by atoms with E-state index in [4.69, 9.17) is 11.6 Å². The molecule has 1 aromatic carbocycles. The van der Waals surface area contributed by atoms with Crippen molar-refractivity contribution in [3.8, 4) is 11.1 Å². The first-order valence-electron chi connectivity index (χ1n) is 8.15. The summed E-state index contributed by atoms with van der Waals surface area (Å²) in [6.07, 6.45) is 0. The predicted octanol–water partition coefficient (Wildman–Crippen LogP) is 3.39. The number of rotatable bonds is 4. The van der Waals surface area contributed by atoms with E-state index in [1.54, 1.807) is 10.4 Å². The number of fused-ring (bicyclic) bond motifs is 1. The van der Waals surface area contributed by atoms with Gasteiger partial charge in [-0.2, -0.15) is 4.31 Å². The monoisotopic (exact) mass is 362 g/mol. The highest BCUT2D eigenvalue weighted by molar-refractivity contribution is 7.89. The average molecular weight is 363 g/mol. The van der Waals surface area contributed by atoms with Gasteiger partial charge in [0.05, 0.1) is 5.02 Å². The number of likely N-dealkylation sites (N-methyl/N-ethyl adjacent to an activating group) is 1. The zero-order valence-corrected chi connectivity index (χ0v) is 15.0. The first kappa shape index (κ1) is 16.1. The van der Waals surface area contributed by atoms with Crippen molar-refractivity contribution in [3.05, 3.63) is 53.1 Å². The van der Waals surface area contributed by atoms with Crippen LogP contribution < -0.4 is 0 Å². The molecule has 1 aliphatic heterocycles. The molecule has 1 aromatic rings. The van der Waals surface area contributed by atoms with Gasteiger partial charge in [-0.15, -0.1) is 0 Å². The molecule has 0 aromatic heterocycles. The van der Waals surface area contributed by atoms with Crippen LogP contribution in [0.4, 0.5) is 0 Å². The fraction of sp³-hybridized carbons (Fsp3) is 0.333. The Kier molecular flexibility index (Phi) is 3.92. The van der Waals surface area contributed by atoms with Gasteiger partial charge in [-0.3, -0.25) is 4.90 Å². The summed E-state index contributed by atoms with van der Waals surface area (Å²) >= 11 is 6.23. The molecule has 126 valence electrons. The molecule has 0 spiro atoms. The van der Waals surface area contributed by atoms with E-state index in [-0.39, 0.29) is 10.9 Å². The average Bonchev–Trinajstić information content (AvgIpc) is 3.31. The third-order valence-corrected chi connectivity index (χ3v) is 7.34. The van der Waals surface area contributed by atoms with E-state index in [0.717, 1.165) is 29.8 Å². The van der Waals surface area contributed by atoms with Gasteiger partial charge in [0, 0.05) is 31.2 Å². The van der Waals surface area contributed by atoms with Crippen LogP contribution in [0.2, 0.25) is 5.02 Å². The van der Waals surface area contributed by atoms with E-state index < -0.39 is 10.0 Å². The van der Waals surface area contributed by atoms with Crippen molar-refractivity contribution in [1.29, 1.82) is 0 Å². The Bertz CT molecular complexity index is 883. The highest BCUT2D eigenvalue weighted by Gasteiger charge is 2.37. The van der Waals surface area contributed by atoms with Crippen molar-refractivity contribution in [2.24, 2.45) is 0 Å². The zero-order valence-electron chi connectivity index (χ0n) is 13.4. The Morgan fingerprint density at radius 2 is 1.92 bits per heavy atom. The first-order valence-corrected chi connectivity index (χ1v) is 9.97. The molecule has 0 saturated carbocycles. The van der Waals surface area contributed by atoms with Crippen LogP contribution in [-0.2, 0) is 10.0 Å². The third kappa shape index (κ3) is 2.56. The number of hydrogen-bond donors (Lipinski definition) is 0. The van der Waals surface area contributed by atoms with Crippen LogP contribution in [0, 0.1) is 0 Å². The number of halogens is 1. The maximum Gasteiger partial charge on any atom is 0.244 e. The van der Waals surface area contributed by atoms with Crippen molar-refractivity contribution >= 4 is 21.6 Å². The highest BCUT2D eigenvalue weighted by Crippen LogP contribution is 2.47. The molecule has 1 fully saturated rings. The van der Waals surface area contributed by atoms with Gasteiger partial charge in [0.2, 0.25) is 10.0 Å². The minimum atomic E-state index is -3.55. The molecule has 0 amide bonds. The lowest BCUT2D eigenvalue weighted by atomic mass is 10.0. The summed E-state index contributed by atoms with van der Waals surface area (Å²) in [7, 11) is -3.55. The Morgan fingerprint density at radius 1 is 1.17 bits per heavy atom. The predicted molar refractivity (Wildman–Crippen MR) is 95.6 cm³/mol. The fourth-order valence-corrected chi connectivity index (χ4v) is 5.54. The quantitative estimate of drug-likeness (QED) is 0.714. The van der Waals surface area contributed by atoms with E-state index in [0.29, 0.717) is 18.1 Å². The molecule has 0 N–H and O–H groups in total. The molecule has 4 nitrogen and oxygen atoms in total. The van der Waals surface area contributed by atoms with Crippen LogP contribution in [0.15, 0.2) is 47.4 Å². The second-order valence-electron chi connectivity index (χ2n) is 6.25. The van der Waals surface area contributed by atoms with Crippen LogP contribution in [0.25, 0.3) is 11.1 Å². The molecule has 0 bridgehead atoms. The van der Waals surface area contributed by atoms with Gasteiger partial charge >= 0.3 is 0 Å². The summed E-state index contributed by atoms with van der Waals surface area (Å²) in [5, 5.41) is 0.374. The van der Waals surface area contributed by atoms with Crippen molar-refractivity contribution in [3.63, 3.8) is 0 Å². The SMILES string of the molecule is CCN1CCN(S(=O)(=O)c2cc3cc-3c2Cl)CC1c1ccccc1. The molecule has 1 unspecified atom stereocenters. The molecule has 1 atom stereocenters. The lowest BCUT2D eigenvalue weighted by molar-refractivity contribution is 0.124. The molecule has 1 heterocycles. The van der Waals surface area contributed by atoms with Crippen molar-refractivity contribution < 1.29 is 8.42 Å². The fourth-order valence-electron chi connectivity index (χ4n) is 3.48. The summed E-state index contributed by atoms with van der Waals surface area (Å²) < 4.78 is 27.6. The van der Waals surface area contributed by atoms with Gasteiger partial charge in [-0.1, -0.05) is 48.9 Å². The van der Waals surface area contributed by atoms with Crippen LogP contribution in [0.5, 0.6) is 0 Å². The van der Waals surface area contributed by atoms with E-state index in [9.17, 15) is 8.42 Å². The smallest absolute Gasteiger partial charge is 0.244 e. The molecular weight excluding hydrogens is 344 g/mol. The lowest BCUT2D eigenvalue weighted by Gasteiger charge is -2.40. The minimum absolute atomic E-state index is 0.0712. The van der Waals surface area contributed by atoms with Gasteiger partial charge in [-0.25, -0.2) is 8.42 Å². The number of nitrogens with zero attached hydrogens (tertiary/aromatic N) is 2. The maximum atomic E-state index is 13.0. The van der Waals surface area contributed by atoms with Gasteiger partial charge in [0.1, 0.15) is 4.90 Å². The number of hydrogen-bond acceptors (Lipinski definition) is 3. The molecule has 3 aliphatic rings. The summed E-state index contributed by atoms with van der Waals surface area (Å²) in [5.41, 5.74) is 2.97. The van der Waals surface area contributed by atoms with Gasteiger partial charge < -0.3 is 0 Å². The van der Waals surface area contributed by atoms with Gasteiger partial charge in [-0.05, 0) is 29.8 Å². The Morgan fingerprint density at radius 3 is 2.54 bits per heavy atom. The summed E-state index contributed by atoms with van der Waals surface area (Å²) in [5.74, 6) is 0. The van der Waals surface area contributed by atoms with E-state index in [2.05, 4.69) is 24.0 Å². The van der Waals surface area contributed by atoms with E-state index in [1.807, 2.05) is 24.3 Å². The molecule has 24 heavy (non-hydrogen) atoms. The molecule has 6 heteroatoms. The van der Waals surface area contributed by atoms with Gasteiger partial charge in [0.15, 0.2) is 0 Å². The van der Waals surface area contributed by atoms with Crippen LogP contribution in [-0.4, -0.2) is 43.8 Å². The molecule has 0 radical (unpaired) electrons. The standard InChI is InChI=1S/C18H19ClN2O2S/c1-2-20-8-9-21(12-16(20)13-6-4-3-5-7-13)24(22,23)17-11-14-10-15(14)18(17)19/h3-7,10-11,16H,2,8-9,12H2,1H3. The summed E-state index contributed by atoms with van der Waals surface area (Å²) in [6.45, 7) is 4.68. The molecule has 1 saturated heterocycles. The minimum Gasteiger partial charge on any atom is -0.294 e. The van der Waals surface area contributed by atoms with Crippen LogP contribution >= 0.6 is 11.6 Å². The molecule has 4 rings (SSSR count). The number of benzene rings is 2. The normalized spacial score (nSPS) is 21.0. The van der Waals surface area contributed by atoms with E-state index in [1.165, 1.54) is 0 Å². The Balaban J connectivity index is 1.65. The second-order valence-corrected chi connectivity index (χ2v) is 8.54. The summed E-state index contributed by atoms with van der Waals surface area (Å²) in [6, 6.07) is 13.8. The van der Waals surface area contributed by atoms with Crippen LogP contribution in [0.1, 0.15) is 18.5 Å². The topological polar surface area (TPSA) is 40.6 Å². The van der Waals surface area contributed by atoms with Crippen molar-refractivity contribution in [2.45, 2.75) is 17.9 Å². The number of piperazine rings is 1. The van der Waals surface area contributed by atoms with Crippen molar-refractivity contribution in [2.75, 3.05) is 26.2 Å². The third-order valence-electron chi connectivity index (χ3n) is 4.93.